The molecule has 0 fully saturated rings. The largest absolute Gasteiger partial charge is 0.484 e. The van der Waals surface area contributed by atoms with E-state index >= 15 is 0 Å². The summed E-state index contributed by atoms with van der Waals surface area (Å²) in [6.07, 6.45) is 27.5. The lowest BCUT2D eigenvalue weighted by atomic mass is 9.74. The zero-order chi connectivity index (χ0) is 38.4. The summed E-state index contributed by atoms with van der Waals surface area (Å²) in [6.45, 7) is 10.8. The summed E-state index contributed by atoms with van der Waals surface area (Å²) in [5.74, 6) is 5.65. The van der Waals surface area contributed by atoms with E-state index in [2.05, 4.69) is 122 Å². The smallest absolute Gasteiger partial charge is 0.172 e. The molecule has 4 aromatic carbocycles. The van der Waals surface area contributed by atoms with Crippen molar-refractivity contribution in [3.8, 4) is 34.5 Å². The van der Waals surface area contributed by atoms with Gasteiger partial charge in [-0.25, -0.2) is 0 Å². The quantitative estimate of drug-likeness (QED) is 0.176. The van der Waals surface area contributed by atoms with Crippen LogP contribution in [0.5, 0.6) is 34.5 Å². The molecule has 3 unspecified atom stereocenters. The van der Waals surface area contributed by atoms with Crippen LogP contribution in [-0.4, -0.2) is 10.7 Å². The summed E-state index contributed by atoms with van der Waals surface area (Å²) in [5, 5.41) is 2.18. The topological polar surface area (TPSA) is 41.9 Å². The molecule has 3 aliphatic heterocycles. The van der Waals surface area contributed by atoms with Crippen LogP contribution in [0.2, 0.25) is 0 Å². The fraction of sp³-hybridized carbons (Fsp3) is 0.192. The number of benzene rings is 4. The van der Waals surface area contributed by atoms with Crippen molar-refractivity contribution in [2.24, 2.45) is 0 Å². The third-order valence-corrected chi connectivity index (χ3v) is 12.5. The van der Waals surface area contributed by atoms with Crippen molar-refractivity contribution >= 4 is 21.8 Å². The maximum Gasteiger partial charge on any atom is 0.172 e. The Morgan fingerprint density at radius 1 is 0.807 bits per heavy atom. The lowest BCUT2D eigenvalue weighted by Crippen LogP contribution is -2.27. The van der Waals surface area contributed by atoms with Crippen LogP contribution < -0.4 is 18.9 Å². The minimum Gasteiger partial charge on any atom is -0.484 e. The molecule has 11 rings (SSSR count). The van der Waals surface area contributed by atoms with Gasteiger partial charge in [0.15, 0.2) is 23.0 Å². The van der Waals surface area contributed by atoms with Crippen molar-refractivity contribution in [2.75, 3.05) is 0 Å². The molecule has 57 heavy (non-hydrogen) atoms. The van der Waals surface area contributed by atoms with Gasteiger partial charge in [0.25, 0.3) is 0 Å². The number of aromatic nitrogens is 1. The van der Waals surface area contributed by atoms with Crippen molar-refractivity contribution in [1.82, 2.24) is 4.57 Å². The first-order valence-electron chi connectivity index (χ1n) is 20.1. The average molecular weight is 746 g/mol. The van der Waals surface area contributed by atoms with Crippen molar-refractivity contribution in [3.63, 3.8) is 0 Å². The number of nitrogens with zero attached hydrogens (tertiary/aromatic N) is 1. The predicted octanol–water partition coefficient (Wildman–Crippen LogP) is 13.5. The normalized spacial score (nSPS) is 22.5. The summed E-state index contributed by atoms with van der Waals surface area (Å²) in [4.78, 5) is 0. The Hall–Kier alpha value is -6.46. The Morgan fingerprint density at radius 3 is 2.30 bits per heavy atom. The van der Waals surface area contributed by atoms with E-state index in [1.807, 2.05) is 49.4 Å². The molecule has 4 heterocycles. The number of hydrogen-bond donors (Lipinski definition) is 0. The molecule has 5 nitrogen and oxygen atoms in total. The van der Waals surface area contributed by atoms with Crippen LogP contribution in [0, 0.1) is 0 Å². The van der Waals surface area contributed by atoms with Crippen molar-refractivity contribution in [2.45, 2.75) is 63.5 Å². The Labute approximate surface area is 333 Å². The summed E-state index contributed by atoms with van der Waals surface area (Å²) in [6, 6.07) is 25.2. The third-order valence-electron chi connectivity index (χ3n) is 12.5. The first kappa shape index (κ1) is 33.8. The van der Waals surface area contributed by atoms with Gasteiger partial charge in [0.2, 0.25) is 0 Å². The lowest BCUT2D eigenvalue weighted by Gasteiger charge is -2.35. The Bertz CT molecular complexity index is 2850. The molecule has 280 valence electrons. The van der Waals surface area contributed by atoms with Crippen molar-refractivity contribution in [1.29, 1.82) is 0 Å². The highest BCUT2D eigenvalue weighted by Gasteiger charge is 2.40. The lowest BCUT2D eigenvalue weighted by molar-refractivity contribution is 0.256. The van der Waals surface area contributed by atoms with E-state index in [0.717, 1.165) is 69.5 Å². The van der Waals surface area contributed by atoms with E-state index in [0.29, 0.717) is 23.0 Å². The van der Waals surface area contributed by atoms with Gasteiger partial charge in [-0.1, -0.05) is 112 Å². The SMILES string of the molecule is C=CC1=C(/C=C\C)Oc2cc3c4cc5c(cc4n(C4C=C(C6=CCCC=C6)C=C(C6=CC=CC7c8ccccc8OC67)C4)c3cc2C1(C)C)Oc1ccccc1O5. The van der Waals surface area contributed by atoms with Crippen LogP contribution in [0.25, 0.3) is 21.8 Å². The monoisotopic (exact) mass is 745 g/mol. The van der Waals surface area contributed by atoms with Crippen LogP contribution in [0.15, 0.2) is 180 Å². The highest BCUT2D eigenvalue weighted by molar-refractivity contribution is 6.10. The Kier molecular flexibility index (Phi) is 7.59. The van der Waals surface area contributed by atoms with E-state index in [1.165, 1.54) is 27.9 Å². The molecule has 0 saturated heterocycles. The molecule has 0 spiro atoms. The zero-order valence-corrected chi connectivity index (χ0v) is 32.4. The molecule has 0 radical (unpaired) electrons. The van der Waals surface area contributed by atoms with Gasteiger partial charge in [-0.2, -0.15) is 0 Å². The first-order chi connectivity index (χ1) is 27.9. The molecular weight excluding hydrogens is 703 g/mol. The van der Waals surface area contributed by atoms with Gasteiger partial charge in [-0.3, -0.25) is 0 Å². The van der Waals surface area contributed by atoms with Gasteiger partial charge < -0.3 is 23.5 Å². The maximum absolute atomic E-state index is 6.77. The van der Waals surface area contributed by atoms with Crippen LogP contribution in [0.3, 0.4) is 0 Å². The number of allylic oxidation sites excluding steroid dienone is 13. The maximum atomic E-state index is 6.77. The fourth-order valence-electron chi connectivity index (χ4n) is 9.80. The van der Waals surface area contributed by atoms with Crippen LogP contribution >= 0.6 is 0 Å². The first-order valence-corrected chi connectivity index (χ1v) is 20.1. The van der Waals surface area contributed by atoms with Crippen LogP contribution in [0.4, 0.5) is 0 Å². The van der Waals surface area contributed by atoms with Gasteiger partial charge in [0, 0.05) is 44.9 Å². The van der Waals surface area contributed by atoms with E-state index < -0.39 is 0 Å². The van der Waals surface area contributed by atoms with Gasteiger partial charge in [0.05, 0.1) is 17.1 Å². The van der Waals surface area contributed by atoms with E-state index in [4.69, 9.17) is 18.9 Å². The molecule has 6 aliphatic rings. The molecule has 3 aliphatic carbocycles. The van der Waals surface area contributed by atoms with E-state index in [9.17, 15) is 0 Å². The Morgan fingerprint density at radius 2 is 1.54 bits per heavy atom. The minimum absolute atomic E-state index is 0.0289. The highest BCUT2D eigenvalue weighted by Crippen LogP contribution is 2.53. The predicted molar refractivity (Wildman–Crippen MR) is 229 cm³/mol. The summed E-state index contributed by atoms with van der Waals surface area (Å²) in [7, 11) is 0. The van der Waals surface area contributed by atoms with Crippen LogP contribution in [0.1, 0.15) is 63.1 Å². The average Bonchev–Trinajstić information content (AvgIpc) is 3.77. The second kappa shape index (κ2) is 12.8. The number of fused-ring (bicyclic) bond motifs is 9. The highest BCUT2D eigenvalue weighted by atomic mass is 16.6. The number of hydrogen-bond acceptors (Lipinski definition) is 4. The summed E-state index contributed by atoms with van der Waals surface area (Å²) < 4.78 is 29.1. The molecule has 0 bridgehead atoms. The number of para-hydroxylation sites is 3. The molecule has 5 heteroatoms. The van der Waals surface area contributed by atoms with E-state index in [1.54, 1.807) is 0 Å². The van der Waals surface area contributed by atoms with Crippen LogP contribution in [-0.2, 0) is 5.41 Å². The number of ether oxygens (including phenoxy) is 4. The minimum atomic E-state index is -0.355. The zero-order valence-electron chi connectivity index (χ0n) is 32.4. The summed E-state index contributed by atoms with van der Waals surface area (Å²) >= 11 is 0. The molecular formula is C52H43NO4. The Balaban J connectivity index is 1.13. The van der Waals surface area contributed by atoms with Gasteiger partial charge in [-0.15, -0.1) is 0 Å². The van der Waals surface area contributed by atoms with Crippen molar-refractivity contribution < 1.29 is 18.9 Å². The van der Waals surface area contributed by atoms with Gasteiger partial charge in [-0.05, 0) is 91.0 Å². The van der Waals surface area contributed by atoms with Crippen molar-refractivity contribution in [3.05, 3.63) is 191 Å². The standard InChI is InChI=1S/C52H43NO4/c1-5-15-45-40(6-2)52(3,4)41-29-42-38(27-48(41)54-45)39-28-49-50(56-47-23-13-12-22-46(47)55-49)30-43(39)53(42)34-25-32(31-16-8-7-9-17-31)24-33(26-34)35-19-14-20-37-36-18-10-11-21-44(36)57-51(35)37/h5-6,8,10-25,27-30,34,37,51H,2,7,9,26H2,1,3-4H3/b15-5-. The van der Waals surface area contributed by atoms with Gasteiger partial charge in [0.1, 0.15) is 23.4 Å². The molecule has 0 amide bonds. The molecule has 0 saturated carbocycles. The van der Waals surface area contributed by atoms with Gasteiger partial charge >= 0.3 is 0 Å². The third kappa shape index (κ3) is 5.21. The number of rotatable bonds is 5. The summed E-state index contributed by atoms with van der Waals surface area (Å²) in [5.41, 5.74) is 10.3. The molecule has 0 N–H and O–H groups in total. The van der Waals surface area contributed by atoms with E-state index in [-0.39, 0.29) is 23.5 Å². The molecule has 1 aromatic heterocycles. The second-order valence-corrected chi connectivity index (χ2v) is 16.2. The fourth-order valence-corrected chi connectivity index (χ4v) is 9.80. The second-order valence-electron chi connectivity index (χ2n) is 16.2. The molecule has 5 aromatic rings. The molecule has 3 atom stereocenters.